The number of fused-ring (bicyclic) bond motifs is 1. The molecule has 0 bridgehead atoms. The van der Waals surface area contributed by atoms with Crippen LogP contribution in [-0.2, 0) is 16.7 Å². The van der Waals surface area contributed by atoms with Gasteiger partial charge in [-0.25, -0.2) is 0 Å². The Morgan fingerprint density at radius 1 is 1.69 bits per heavy atom. The van der Waals surface area contributed by atoms with Gasteiger partial charge in [-0.1, -0.05) is 0 Å². The molecule has 3 nitrogen and oxygen atoms in total. The Morgan fingerprint density at radius 3 is 3.31 bits per heavy atom. The lowest BCUT2D eigenvalue weighted by atomic mass is 9.89. The third-order valence-corrected chi connectivity index (χ3v) is 2.64. The van der Waals surface area contributed by atoms with Crippen LogP contribution in [0.15, 0.2) is 16.7 Å². The van der Waals surface area contributed by atoms with Crippen LogP contribution in [-0.4, -0.2) is 20.3 Å². The third kappa shape index (κ3) is 1.38. The third-order valence-electron chi connectivity index (χ3n) is 2.64. The monoisotopic (exact) mass is 181 g/mol. The lowest BCUT2D eigenvalue weighted by molar-refractivity contribution is 0.112. The zero-order chi connectivity index (χ0) is 9.31. The Kier molecular flexibility index (Phi) is 2.14. The van der Waals surface area contributed by atoms with Crippen molar-refractivity contribution in [3.8, 4) is 0 Å². The summed E-state index contributed by atoms with van der Waals surface area (Å²) in [4.78, 5) is 0. The van der Waals surface area contributed by atoms with Gasteiger partial charge in [0.2, 0.25) is 0 Å². The van der Waals surface area contributed by atoms with E-state index in [1.165, 1.54) is 5.56 Å². The van der Waals surface area contributed by atoms with Crippen LogP contribution in [0.25, 0.3) is 0 Å². The molecule has 0 amide bonds. The Balaban J connectivity index is 2.33. The van der Waals surface area contributed by atoms with Crippen LogP contribution < -0.4 is 5.32 Å². The number of furan rings is 1. The van der Waals surface area contributed by atoms with Gasteiger partial charge in [-0.15, -0.1) is 0 Å². The fourth-order valence-electron chi connectivity index (χ4n) is 1.99. The molecular formula is C10H15NO2. The Morgan fingerprint density at radius 2 is 2.54 bits per heavy atom. The highest BCUT2D eigenvalue weighted by Gasteiger charge is 2.33. The average Bonchev–Trinajstić information content (AvgIpc) is 2.54. The number of hydrogen-bond donors (Lipinski definition) is 1. The minimum absolute atomic E-state index is 0.0741. The largest absolute Gasteiger partial charge is 0.469 e. The van der Waals surface area contributed by atoms with Crippen molar-refractivity contribution in [2.24, 2.45) is 0 Å². The second kappa shape index (κ2) is 3.16. The summed E-state index contributed by atoms with van der Waals surface area (Å²) in [5.41, 5.74) is 1.16. The molecule has 0 radical (unpaired) electrons. The van der Waals surface area contributed by atoms with Gasteiger partial charge in [0.15, 0.2) is 0 Å². The molecule has 1 aromatic heterocycles. The molecule has 3 heteroatoms. The fraction of sp³-hybridized carbons (Fsp3) is 0.600. The van der Waals surface area contributed by atoms with Gasteiger partial charge in [-0.2, -0.15) is 0 Å². The van der Waals surface area contributed by atoms with Crippen LogP contribution >= 0.6 is 0 Å². The summed E-state index contributed by atoms with van der Waals surface area (Å²) in [6.07, 6.45) is 2.73. The minimum Gasteiger partial charge on any atom is -0.469 e. The summed E-state index contributed by atoms with van der Waals surface area (Å²) >= 11 is 0. The van der Waals surface area contributed by atoms with E-state index in [2.05, 4.69) is 12.2 Å². The molecule has 0 aromatic carbocycles. The molecule has 2 heterocycles. The fourth-order valence-corrected chi connectivity index (χ4v) is 1.99. The first-order valence-electron chi connectivity index (χ1n) is 4.57. The van der Waals surface area contributed by atoms with E-state index in [9.17, 15) is 0 Å². The molecule has 0 aliphatic carbocycles. The quantitative estimate of drug-likeness (QED) is 0.746. The lowest BCUT2D eigenvalue weighted by Crippen LogP contribution is -2.47. The first-order chi connectivity index (χ1) is 6.26. The Bertz CT molecular complexity index is 295. The molecule has 0 saturated heterocycles. The molecule has 1 N–H and O–H groups in total. The van der Waals surface area contributed by atoms with Crippen molar-refractivity contribution < 1.29 is 9.15 Å². The second-order valence-corrected chi connectivity index (χ2v) is 3.70. The molecule has 13 heavy (non-hydrogen) atoms. The van der Waals surface area contributed by atoms with Crippen molar-refractivity contribution in [3.63, 3.8) is 0 Å². The van der Waals surface area contributed by atoms with Gasteiger partial charge in [-0.3, -0.25) is 0 Å². The van der Waals surface area contributed by atoms with E-state index < -0.39 is 0 Å². The molecule has 0 saturated carbocycles. The van der Waals surface area contributed by atoms with Crippen LogP contribution in [0.2, 0.25) is 0 Å². The van der Waals surface area contributed by atoms with Crippen molar-refractivity contribution in [3.05, 3.63) is 23.7 Å². The topological polar surface area (TPSA) is 34.4 Å². The van der Waals surface area contributed by atoms with Gasteiger partial charge in [0, 0.05) is 25.6 Å². The Hall–Kier alpha value is -0.800. The smallest absolute Gasteiger partial charge is 0.110 e. The molecular weight excluding hydrogens is 166 g/mol. The van der Waals surface area contributed by atoms with Gasteiger partial charge in [0.1, 0.15) is 5.76 Å². The Labute approximate surface area is 78.1 Å². The van der Waals surface area contributed by atoms with Gasteiger partial charge >= 0.3 is 0 Å². The number of hydrogen-bond acceptors (Lipinski definition) is 3. The second-order valence-electron chi connectivity index (χ2n) is 3.70. The van der Waals surface area contributed by atoms with Crippen molar-refractivity contribution in [1.82, 2.24) is 5.32 Å². The molecule has 2 rings (SSSR count). The van der Waals surface area contributed by atoms with E-state index in [-0.39, 0.29) is 5.54 Å². The van der Waals surface area contributed by atoms with Gasteiger partial charge in [-0.05, 0) is 13.0 Å². The maximum Gasteiger partial charge on any atom is 0.110 e. The zero-order valence-corrected chi connectivity index (χ0v) is 8.09. The van der Waals surface area contributed by atoms with Crippen LogP contribution in [0.3, 0.4) is 0 Å². The summed E-state index contributed by atoms with van der Waals surface area (Å²) in [5, 5.41) is 3.45. The lowest BCUT2D eigenvalue weighted by Gasteiger charge is -2.33. The van der Waals surface area contributed by atoms with Gasteiger partial charge in [0.05, 0.1) is 18.4 Å². The van der Waals surface area contributed by atoms with Crippen molar-refractivity contribution in [2.75, 3.05) is 20.3 Å². The summed E-state index contributed by atoms with van der Waals surface area (Å²) < 4.78 is 10.6. The van der Waals surface area contributed by atoms with E-state index in [1.807, 2.05) is 6.07 Å². The molecule has 0 fully saturated rings. The van der Waals surface area contributed by atoms with Gasteiger partial charge < -0.3 is 14.5 Å². The highest BCUT2D eigenvalue weighted by Crippen LogP contribution is 2.29. The summed E-state index contributed by atoms with van der Waals surface area (Å²) in [5.74, 6) is 1.10. The highest BCUT2D eigenvalue weighted by atomic mass is 16.5. The number of ether oxygens (including phenoxy) is 1. The van der Waals surface area contributed by atoms with E-state index in [0.717, 1.165) is 18.7 Å². The normalized spacial score (nSPS) is 27.2. The predicted molar refractivity (Wildman–Crippen MR) is 49.6 cm³/mol. The van der Waals surface area contributed by atoms with Crippen molar-refractivity contribution in [1.29, 1.82) is 0 Å². The average molecular weight is 181 g/mol. The molecule has 1 aromatic rings. The minimum atomic E-state index is -0.0741. The maximum atomic E-state index is 5.40. The molecule has 1 aliphatic heterocycles. The summed E-state index contributed by atoms with van der Waals surface area (Å²) in [6.45, 7) is 3.78. The van der Waals surface area contributed by atoms with Crippen molar-refractivity contribution >= 4 is 0 Å². The molecule has 72 valence electrons. The number of methoxy groups -OCH3 is 1. The van der Waals surface area contributed by atoms with Gasteiger partial charge in [0.25, 0.3) is 0 Å². The number of nitrogens with one attached hydrogen (secondary N) is 1. The first kappa shape index (κ1) is 8.78. The summed E-state index contributed by atoms with van der Waals surface area (Å²) in [7, 11) is 1.72. The van der Waals surface area contributed by atoms with E-state index in [0.29, 0.717) is 6.61 Å². The first-order valence-corrected chi connectivity index (χ1v) is 4.57. The van der Waals surface area contributed by atoms with Crippen LogP contribution in [0.4, 0.5) is 0 Å². The number of rotatable bonds is 2. The van der Waals surface area contributed by atoms with Crippen LogP contribution in [0, 0.1) is 0 Å². The summed E-state index contributed by atoms with van der Waals surface area (Å²) in [6, 6.07) is 2.03. The SMILES string of the molecule is COCC1(C)NCCc2occc21. The molecule has 0 spiro atoms. The molecule has 1 unspecified atom stereocenters. The predicted octanol–water partition coefficient (Wildman–Crippen LogP) is 1.29. The van der Waals surface area contributed by atoms with E-state index in [4.69, 9.17) is 9.15 Å². The van der Waals surface area contributed by atoms with Crippen LogP contribution in [0.1, 0.15) is 18.2 Å². The van der Waals surface area contributed by atoms with E-state index in [1.54, 1.807) is 13.4 Å². The van der Waals surface area contributed by atoms with Crippen molar-refractivity contribution in [2.45, 2.75) is 18.9 Å². The zero-order valence-electron chi connectivity index (χ0n) is 8.09. The standard InChI is InChI=1S/C10H15NO2/c1-10(7-12-2)8-4-6-13-9(8)3-5-11-10/h4,6,11H,3,5,7H2,1-2H3. The highest BCUT2D eigenvalue weighted by molar-refractivity contribution is 5.29. The molecule has 1 atom stereocenters. The molecule has 1 aliphatic rings. The maximum absolute atomic E-state index is 5.40. The van der Waals surface area contributed by atoms with Crippen LogP contribution in [0.5, 0.6) is 0 Å². The van der Waals surface area contributed by atoms with E-state index >= 15 is 0 Å².